The maximum atomic E-state index is 12.7. The van der Waals surface area contributed by atoms with Gasteiger partial charge in [0.15, 0.2) is 0 Å². The predicted octanol–water partition coefficient (Wildman–Crippen LogP) is 5.98. The smallest absolute Gasteiger partial charge is 0.255 e. The number of amides is 1. The van der Waals surface area contributed by atoms with Gasteiger partial charge in [-0.05, 0) is 67.9 Å². The molecule has 152 valence electrons. The lowest BCUT2D eigenvalue weighted by molar-refractivity contribution is 0.102. The summed E-state index contributed by atoms with van der Waals surface area (Å²) in [4.78, 5) is 19.2. The molecule has 0 saturated carbocycles. The van der Waals surface area contributed by atoms with Crippen LogP contribution in [-0.4, -0.2) is 25.0 Å². The largest absolute Gasteiger partial charge is 0.378 e. The first-order chi connectivity index (χ1) is 14.4. The van der Waals surface area contributed by atoms with Crippen LogP contribution in [0.5, 0.6) is 0 Å². The van der Waals surface area contributed by atoms with Crippen molar-refractivity contribution in [3.05, 3.63) is 76.8 Å². The molecular weight excluding hydrogens is 392 g/mol. The van der Waals surface area contributed by atoms with Crippen LogP contribution in [0.4, 0.5) is 22.7 Å². The molecule has 0 aliphatic heterocycles. The zero-order valence-corrected chi connectivity index (χ0v) is 18.3. The van der Waals surface area contributed by atoms with Crippen LogP contribution < -0.4 is 15.5 Å². The molecule has 0 radical (unpaired) electrons. The summed E-state index contributed by atoms with van der Waals surface area (Å²) in [5, 5.41) is 7.53. The minimum absolute atomic E-state index is 0.130. The summed E-state index contributed by atoms with van der Waals surface area (Å²) < 4.78 is 1.15. The van der Waals surface area contributed by atoms with E-state index < -0.39 is 0 Å². The van der Waals surface area contributed by atoms with Crippen molar-refractivity contribution in [1.29, 1.82) is 0 Å². The SMILES string of the molecule is Cc1nc2ccc(Nc3cc(NC(=O)c4cccc(N(C)C)c4)ccc3C)cc2s1. The highest BCUT2D eigenvalue weighted by Gasteiger charge is 2.10. The molecule has 30 heavy (non-hydrogen) atoms. The molecule has 1 aromatic heterocycles. The number of hydrogen-bond acceptors (Lipinski definition) is 5. The zero-order chi connectivity index (χ0) is 21.3. The second-order valence-electron chi connectivity index (χ2n) is 7.47. The van der Waals surface area contributed by atoms with Crippen molar-refractivity contribution in [2.45, 2.75) is 13.8 Å². The summed E-state index contributed by atoms with van der Waals surface area (Å²) in [6.07, 6.45) is 0. The average Bonchev–Trinajstić information content (AvgIpc) is 3.10. The maximum absolute atomic E-state index is 12.7. The molecule has 0 saturated heterocycles. The number of thiazole rings is 1. The lowest BCUT2D eigenvalue weighted by atomic mass is 10.1. The maximum Gasteiger partial charge on any atom is 0.255 e. The van der Waals surface area contributed by atoms with E-state index in [0.717, 1.165) is 43.5 Å². The van der Waals surface area contributed by atoms with Gasteiger partial charge in [0, 0.05) is 42.4 Å². The molecule has 4 aromatic rings. The first-order valence-corrected chi connectivity index (χ1v) is 10.5. The van der Waals surface area contributed by atoms with E-state index in [2.05, 4.69) is 21.7 Å². The number of aromatic nitrogens is 1. The highest BCUT2D eigenvalue weighted by atomic mass is 32.1. The number of rotatable bonds is 5. The van der Waals surface area contributed by atoms with Crippen molar-refractivity contribution in [3.8, 4) is 0 Å². The molecule has 4 rings (SSSR count). The van der Waals surface area contributed by atoms with E-state index >= 15 is 0 Å². The molecule has 2 N–H and O–H groups in total. The molecule has 1 heterocycles. The quantitative estimate of drug-likeness (QED) is 0.420. The van der Waals surface area contributed by atoms with Crippen LogP contribution in [0.3, 0.4) is 0 Å². The van der Waals surface area contributed by atoms with Gasteiger partial charge in [0.25, 0.3) is 5.91 Å². The van der Waals surface area contributed by atoms with Crippen LogP contribution in [0.25, 0.3) is 10.2 Å². The van der Waals surface area contributed by atoms with E-state index in [-0.39, 0.29) is 5.91 Å². The van der Waals surface area contributed by atoms with Crippen molar-refractivity contribution in [2.75, 3.05) is 29.6 Å². The normalized spacial score (nSPS) is 10.8. The third kappa shape index (κ3) is 4.28. The van der Waals surface area contributed by atoms with Crippen molar-refractivity contribution in [3.63, 3.8) is 0 Å². The van der Waals surface area contributed by atoms with Crippen molar-refractivity contribution < 1.29 is 4.79 Å². The number of nitrogens with one attached hydrogen (secondary N) is 2. The van der Waals surface area contributed by atoms with Crippen LogP contribution in [0.15, 0.2) is 60.7 Å². The second kappa shape index (κ2) is 8.16. The molecule has 0 bridgehead atoms. The zero-order valence-electron chi connectivity index (χ0n) is 17.5. The molecular formula is C24H24N4OS. The fourth-order valence-electron chi connectivity index (χ4n) is 3.24. The van der Waals surface area contributed by atoms with Gasteiger partial charge in [0.05, 0.1) is 15.2 Å². The Morgan fingerprint density at radius 1 is 0.967 bits per heavy atom. The number of hydrogen-bond donors (Lipinski definition) is 2. The highest BCUT2D eigenvalue weighted by Crippen LogP contribution is 2.29. The van der Waals surface area contributed by atoms with Gasteiger partial charge in [0.2, 0.25) is 0 Å². The van der Waals surface area contributed by atoms with Crippen LogP contribution in [0.1, 0.15) is 20.9 Å². The Morgan fingerprint density at radius 3 is 2.57 bits per heavy atom. The van der Waals surface area contributed by atoms with E-state index in [4.69, 9.17) is 0 Å². The Labute approximate surface area is 180 Å². The number of anilines is 4. The van der Waals surface area contributed by atoms with Gasteiger partial charge in [-0.15, -0.1) is 11.3 Å². The molecule has 6 heteroatoms. The summed E-state index contributed by atoms with van der Waals surface area (Å²) in [6.45, 7) is 4.06. The van der Waals surface area contributed by atoms with Crippen LogP contribution in [0, 0.1) is 13.8 Å². The van der Waals surface area contributed by atoms with Crippen LogP contribution >= 0.6 is 11.3 Å². The van der Waals surface area contributed by atoms with Crippen LogP contribution in [-0.2, 0) is 0 Å². The molecule has 0 fully saturated rings. The highest BCUT2D eigenvalue weighted by molar-refractivity contribution is 7.18. The van der Waals surface area contributed by atoms with E-state index in [9.17, 15) is 4.79 Å². The fraction of sp³-hybridized carbons (Fsp3) is 0.167. The third-order valence-electron chi connectivity index (χ3n) is 4.89. The van der Waals surface area contributed by atoms with E-state index in [0.29, 0.717) is 5.56 Å². The Balaban J connectivity index is 1.55. The molecule has 3 aromatic carbocycles. The van der Waals surface area contributed by atoms with Crippen molar-refractivity contribution in [2.24, 2.45) is 0 Å². The fourth-order valence-corrected chi connectivity index (χ4v) is 4.10. The van der Waals surface area contributed by atoms with Crippen molar-refractivity contribution >= 4 is 50.2 Å². The van der Waals surface area contributed by atoms with Gasteiger partial charge >= 0.3 is 0 Å². The Hall–Kier alpha value is -3.38. The molecule has 0 unspecified atom stereocenters. The summed E-state index contributed by atoms with van der Waals surface area (Å²) in [5.41, 5.74) is 6.43. The average molecular weight is 417 g/mol. The molecule has 0 spiro atoms. The topological polar surface area (TPSA) is 57.3 Å². The van der Waals surface area contributed by atoms with Crippen molar-refractivity contribution in [1.82, 2.24) is 4.98 Å². The van der Waals surface area contributed by atoms with Gasteiger partial charge in [-0.25, -0.2) is 4.98 Å². The molecule has 1 amide bonds. The molecule has 5 nitrogen and oxygen atoms in total. The van der Waals surface area contributed by atoms with Gasteiger partial charge in [-0.2, -0.15) is 0 Å². The summed E-state index contributed by atoms with van der Waals surface area (Å²) in [7, 11) is 3.92. The van der Waals surface area contributed by atoms with E-state index in [1.807, 2.05) is 87.4 Å². The van der Waals surface area contributed by atoms with E-state index in [1.165, 1.54) is 0 Å². The Kier molecular flexibility index (Phi) is 5.42. The van der Waals surface area contributed by atoms with Gasteiger partial charge in [-0.3, -0.25) is 4.79 Å². The van der Waals surface area contributed by atoms with Crippen LogP contribution in [0.2, 0.25) is 0 Å². The Morgan fingerprint density at radius 2 is 1.77 bits per heavy atom. The number of carbonyl (C=O) groups is 1. The van der Waals surface area contributed by atoms with E-state index in [1.54, 1.807) is 11.3 Å². The third-order valence-corrected chi connectivity index (χ3v) is 5.83. The van der Waals surface area contributed by atoms with Gasteiger partial charge in [0.1, 0.15) is 0 Å². The minimum atomic E-state index is -0.130. The standard InChI is InChI=1S/C24H24N4OS/c1-15-8-9-18(27-24(29)17-6-5-7-20(12-17)28(3)4)13-22(15)26-19-10-11-21-23(14-19)30-16(2)25-21/h5-14,26H,1-4H3,(H,27,29). The Bertz CT molecular complexity index is 1230. The second-order valence-corrected chi connectivity index (χ2v) is 8.70. The lowest BCUT2D eigenvalue weighted by Gasteiger charge is -2.15. The van der Waals surface area contributed by atoms with Gasteiger partial charge in [-0.1, -0.05) is 12.1 Å². The number of benzene rings is 3. The van der Waals surface area contributed by atoms with Gasteiger partial charge < -0.3 is 15.5 Å². The first kappa shape index (κ1) is 19.9. The predicted molar refractivity (Wildman–Crippen MR) is 128 cm³/mol. The summed E-state index contributed by atoms with van der Waals surface area (Å²) in [5.74, 6) is -0.130. The number of carbonyl (C=O) groups excluding carboxylic acids is 1. The first-order valence-electron chi connectivity index (χ1n) is 9.73. The molecule has 0 atom stereocenters. The number of nitrogens with zero attached hydrogens (tertiary/aromatic N) is 2. The molecule has 0 aliphatic rings. The monoisotopic (exact) mass is 416 g/mol. The number of aryl methyl sites for hydroxylation is 2. The molecule has 0 aliphatic carbocycles. The summed E-state index contributed by atoms with van der Waals surface area (Å²) in [6, 6.07) is 19.6. The number of fused-ring (bicyclic) bond motifs is 1. The lowest BCUT2D eigenvalue weighted by Crippen LogP contribution is -2.14. The summed E-state index contributed by atoms with van der Waals surface area (Å²) >= 11 is 1.68. The minimum Gasteiger partial charge on any atom is -0.378 e.